The van der Waals surface area contributed by atoms with E-state index >= 15 is 0 Å². The predicted octanol–water partition coefficient (Wildman–Crippen LogP) is 5.32. The Labute approximate surface area is 129 Å². The highest BCUT2D eigenvalue weighted by Crippen LogP contribution is 2.46. The zero-order chi connectivity index (χ0) is 16.5. The van der Waals surface area contributed by atoms with Gasteiger partial charge in [0.2, 0.25) is 0 Å². The van der Waals surface area contributed by atoms with E-state index in [9.17, 15) is 18.3 Å². The summed E-state index contributed by atoms with van der Waals surface area (Å²) in [5.74, 6) is 0.101. The smallest absolute Gasteiger partial charge is 0.420 e. The van der Waals surface area contributed by atoms with Gasteiger partial charge in [-0.3, -0.25) is 0 Å². The van der Waals surface area contributed by atoms with Gasteiger partial charge in [0, 0.05) is 0 Å². The molecule has 1 heterocycles. The van der Waals surface area contributed by atoms with Gasteiger partial charge in [-0.15, -0.1) is 0 Å². The van der Waals surface area contributed by atoms with Crippen molar-refractivity contribution < 1.29 is 23.0 Å². The van der Waals surface area contributed by atoms with Crippen molar-refractivity contribution in [1.82, 2.24) is 0 Å². The lowest BCUT2D eigenvalue weighted by Gasteiger charge is -2.37. The first-order chi connectivity index (χ1) is 10.1. The van der Waals surface area contributed by atoms with Crippen molar-refractivity contribution in [1.29, 1.82) is 0 Å². The lowest BCUT2D eigenvalue weighted by atomic mass is 9.86. The second kappa shape index (κ2) is 6.01. The third kappa shape index (κ3) is 3.87. The first-order valence-electron chi connectivity index (χ1n) is 7.73. The van der Waals surface area contributed by atoms with Crippen LogP contribution in [0, 0.1) is 5.92 Å². The molecule has 124 valence electrons. The van der Waals surface area contributed by atoms with E-state index in [1.54, 1.807) is 0 Å². The van der Waals surface area contributed by atoms with Gasteiger partial charge in [0.25, 0.3) is 0 Å². The van der Waals surface area contributed by atoms with Crippen LogP contribution in [0.15, 0.2) is 12.1 Å². The van der Waals surface area contributed by atoms with Crippen molar-refractivity contribution >= 4 is 0 Å². The molecule has 1 aromatic rings. The van der Waals surface area contributed by atoms with Crippen molar-refractivity contribution in [3.05, 3.63) is 23.3 Å². The number of hydrogen-bond acceptors (Lipinski definition) is 2. The fourth-order valence-electron chi connectivity index (χ4n) is 2.95. The largest absolute Gasteiger partial charge is 0.508 e. The monoisotopic (exact) mass is 316 g/mol. The van der Waals surface area contributed by atoms with Crippen LogP contribution < -0.4 is 4.74 Å². The Kier molecular flexibility index (Phi) is 4.64. The highest BCUT2D eigenvalue weighted by atomic mass is 19.4. The average Bonchev–Trinajstić information content (AvgIpc) is 2.37. The Morgan fingerprint density at radius 2 is 2.00 bits per heavy atom. The quantitative estimate of drug-likeness (QED) is 0.814. The van der Waals surface area contributed by atoms with E-state index in [-0.39, 0.29) is 11.5 Å². The maximum atomic E-state index is 13.2. The second-order valence-corrected chi connectivity index (χ2v) is 6.82. The maximum Gasteiger partial charge on any atom is 0.420 e. The molecule has 5 heteroatoms. The molecule has 1 aliphatic rings. The third-order valence-electron chi connectivity index (χ3n) is 4.21. The summed E-state index contributed by atoms with van der Waals surface area (Å²) in [4.78, 5) is 0. The standard InChI is InChI=1S/C17H23F3O2/c1-11(2)5-4-7-16(3)8-6-12-9-13(21)10-14(15(12)22-16)17(18,19)20/h9-11,21H,4-8H2,1-3H3. The van der Waals surface area contributed by atoms with E-state index in [4.69, 9.17) is 4.74 Å². The highest BCUT2D eigenvalue weighted by Gasteiger charge is 2.40. The van der Waals surface area contributed by atoms with E-state index in [0.717, 1.165) is 25.3 Å². The first-order valence-corrected chi connectivity index (χ1v) is 7.73. The fraction of sp³-hybridized carbons (Fsp3) is 0.647. The van der Waals surface area contributed by atoms with E-state index in [0.29, 0.717) is 24.3 Å². The SMILES string of the molecule is CC(C)CCCC1(C)CCc2cc(O)cc(C(F)(F)F)c2O1. The van der Waals surface area contributed by atoms with Crippen LogP contribution in [0.1, 0.15) is 57.6 Å². The summed E-state index contributed by atoms with van der Waals surface area (Å²) in [5, 5.41) is 9.51. The molecule has 1 N–H and O–H groups in total. The van der Waals surface area contributed by atoms with Crippen LogP contribution in [0.2, 0.25) is 0 Å². The van der Waals surface area contributed by atoms with Gasteiger partial charge in [0.1, 0.15) is 22.7 Å². The Morgan fingerprint density at radius 3 is 2.59 bits per heavy atom. The number of aryl methyl sites for hydroxylation is 1. The van der Waals surface area contributed by atoms with Gasteiger partial charge in [-0.2, -0.15) is 13.2 Å². The minimum atomic E-state index is -4.53. The van der Waals surface area contributed by atoms with Gasteiger partial charge in [0.15, 0.2) is 0 Å². The number of fused-ring (bicyclic) bond motifs is 1. The van der Waals surface area contributed by atoms with Crippen LogP contribution in [0.4, 0.5) is 13.2 Å². The molecule has 0 fully saturated rings. The topological polar surface area (TPSA) is 29.5 Å². The number of benzene rings is 1. The molecular weight excluding hydrogens is 293 g/mol. The summed E-state index contributed by atoms with van der Waals surface area (Å²) >= 11 is 0. The normalized spacial score (nSPS) is 21.6. The number of phenols is 1. The Balaban J connectivity index is 2.25. The van der Waals surface area contributed by atoms with Crippen LogP contribution in [0.25, 0.3) is 0 Å². The summed E-state index contributed by atoms with van der Waals surface area (Å²) in [7, 11) is 0. The van der Waals surface area contributed by atoms with Crippen molar-refractivity contribution in [2.24, 2.45) is 5.92 Å². The van der Waals surface area contributed by atoms with Gasteiger partial charge in [-0.25, -0.2) is 0 Å². The van der Waals surface area contributed by atoms with Gasteiger partial charge in [-0.1, -0.05) is 20.3 Å². The van der Waals surface area contributed by atoms with Crippen molar-refractivity contribution in [2.45, 2.75) is 64.7 Å². The van der Waals surface area contributed by atoms with Crippen LogP contribution in [0.3, 0.4) is 0 Å². The molecule has 1 aromatic carbocycles. The summed E-state index contributed by atoms with van der Waals surface area (Å²) < 4.78 is 45.3. The van der Waals surface area contributed by atoms with E-state index in [1.807, 2.05) is 6.92 Å². The first kappa shape index (κ1) is 17.0. The molecule has 22 heavy (non-hydrogen) atoms. The molecule has 0 radical (unpaired) electrons. The fourth-order valence-corrected chi connectivity index (χ4v) is 2.95. The van der Waals surface area contributed by atoms with Crippen LogP contribution in [0.5, 0.6) is 11.5 Å². The zero-order valence-corrected chi connectivity index (χ0v) is 13.3. The molecule has 1 unspecified atom stereocenters. The number of aromatic hydroxyl groups is 1. The molecule has 1 atom stereocenters. The minimum absolute atomic E-state index is 0.108. The minimum Gasteiger partial charge on any atom is -0.508 e. The Hall–Kier alpha value is -1.39. The molecule has 0 saturated heterocycles. The molecule has 0 aliphatic carbocycles. The number of hydrogen-bond donors (Lipinski definition) is 1. The third-order valence-corrected chi connectivity index (χ3v) is 4.21. The van der Waals surface area contributed by atoms with Crippen LogP contribution in [-0.4, -0.2) is 10.7 Å². The van der Waals surface area contributed by atoms with Gasteiger partial charge in [-0.05, 0) is 56.2 Å². The summed E-state index contributed by atoms with van der Waals surface area (Å²) in [6, 6.07) is 2.12. The number of alkyl halides is 3. The van der Waals surface area contributed by atoms with Gasteiger partial charge in [0.05, 0.1) is 0 Å². The number of rotatable bonds is 4. The molecule has 0 saturated carbocycles. The molecule has 1 aliphatic heterocycles. The lowest BCUT2D eigenvalue weighted by molar-refractivity contribution is -0.140. The molecule has 0 aromatic heterocycles. The molecule has 2 rings (SSSR count). The Bertz CT molecular complexity index is 537. The van der Waals surface area contributed by atoms with E-state index in [1.165, 1.54) is 6.07 Å². The van der Waals surface area contributed by atoms with Crippen molar-refractivity contribution in [2.75, 3.05) is 0 Å². The highest BCUT2D eigenvalue weighted by molar-refractivity contribution is 5.49. The summed E-state index contributed by atoms with van der Waals surface area (Å²) in [6.07, 6.45) is -0.665. The summed E-state index contributed by atoms with van der Waals surface area (Å²) in [5.41, 5.74) is -1.01. The molecule has 0 amide bonds. The van der Waals surface area contributed by atoms with Crippen molar-refractivity contribution in [3.8, 4) is 11.5 Å². The second-order valence-electron chi connectivity index (χ2n) is 6.82. The number of phenolic OH excluding ortho intramolecular Hbond substituents is 1. The van der Waals surface area contributed by atoms with Crippen molar-refractivity contribution in [3.63, 3.8) is 0 Å². The van der Waals surface area contributed by atoms with E-state index < -0.39 is 17.3 Å². The molecular formula is C17H23F3O2. The number of halogens is 3. The Morgan fingerprint density at radius 1 is 1.32 bits per heavy atom. The molecule has 2 nitrogen and oxygen atoms in total. The average molecular weight is 316 g/mol. The molecule has 0 bridgehead atoms. The van der Waals surface area contributed by atoms with E-state index in [2.05, 4.69) is 13.8 Å². The molecule has 0 spiro atoms. The summed E-state index contributed by atoms with van der Waals surface area (Å²) in [6.45, 7) is 6.14. The van der Waals surface area contributed by atoms with Gasteiger partial charge < -0.3 is 9.84 Å². The van der Waals surface area contributed by atoms with Crippen LogP contribution >= 0.6 is 0 Å². The predicted molar refractivity (Wildman–Crippen MR) is 79.2 cm³/mol. The van der Waals surface area contributed by atoms with Gasteiger partial charge >= 0.3 is 6.18 Å². The lowest BCUT2D eigenvalue weighted by Crippen LogP contribution is -2.37. The zero-order valence-electron chi connectivity index (χ0n) is 13.3. The number of ether oxygens (including phenoxy) is 1. The maximum absolute atomic E-state index is 13.2. The van der Waals surface area contributed by atoms with Crippen LogP contribution in [-0.2, 0) is 12.6 Å².